The van der Waals surface area contributed by atoms with Gasteiger partial charge in [-0.25, -0.2) is 0 Å². The maximum absolute atomic E-state index is 12.1. The molecule has 0 saturated carbocycles. The lowest BCUT2D eigenvalue weighted by Gasteiger charge is -2.14. The molecule has 0 radical (unpaired) electrons. The van der Waals surface area contributed by atoms with Gasteiger partial charge >= 0.3 is 0 Å². The summed E-state index contributed by atoms with van der Waals surface area (Å²) in [5.41, 5.74) is 1.87. The number of ether oxygens (including phenoxy) is 1. The Morgan fingerprint density at radius 3 is 3.00 bits per heavy atom. The lowest BCUT2D eigenvalue weighted by Crippen LogP contribution is -2.33. The van der Waals surface area contributed by atoms with E-state index in [1.807, 2.05) is 35.8 Å². The van der Waals surface area contributed by atoms with E-state index in [9.17, 15) is 4.79 Å². The predicted octanol–water partition coefficient (Wildman–Crippen LogP) is 2.02. The van der Waals surface area contributed by atoms with Gasteiger partial charge in [0.15, 0.2) is 4.77 Å². The van der Waals surface area contributed by atoms with E-state index in [2.05, 4.69) is 10.3 Å². The average molecular weight is 279 g/mol. The number of nitrogens with zero attached hydrogens (tertiary/aromatic N) is 1. The molecule has 1 unspecified atom stereocenters. The van der Waals surface area contributed by atoms with E-state index in [1.165, 1.54) is 0 Å². The van der Waals surface area contributed by atoms with Crippen LogP contribution in [0.1, 0.15) is 13.0 Å². The molecule has 0 aliphatic heterocycles. The number of aromatic nitrogens is 2. The molecule has 5 nitrogen and oxygen atoms in total. The summed E-state index contributed by atoms with van der Waals surface area (Å²) in [6, 6.07) is 7.39. The van der Waals surface area contributed by atoms with Crippen LogP contribution in [0.25, 0.3) is 11.0 Å². The third-order valence-corrected chi connectivity index (χ3v) is 3.29. The monoisotopic (exact) mass is 279 g/mol. The highest BCUT2D eigenvalue weighted by atomic mass is 32.1. The van der Waals surface area contributed by atoms with Crippen molar-refractivity contribution >= 4 is 29.2 Å². The number of rotatable bonds is 5. The predicted molar refractivity (Wildman–Crippen MR) is 76.7 cm³/mol. The summed E-state index contributed by atoms with van der Waals surface area (Å²) in [5.74, 6) is -0.0714. The molecule has 1 amide bonds. The smallest absolute Gasteiger partial charge is 0.242 e. The fourth-order valence-electron chi connectivity index (χ4n) is 2.00. The van der Waals surface area contributed by atoms with Crippen LogP contribution in [0.5, 0.6) is 0 Å². The van der Waals surface area contributed by atoms with Crippen LogP contribution in [0.3, 0.4) is 0 Å². The number of fused-ring (bicyclic) bond motifs is 1. The third kappa shape index (κ3) is 2.85. The number of aromatic amines is 1. The van der Waals surface area contributed by atoms with Crippen LogP contribution < -0.4 is 5.32 Å². The molecule has 2 rings (SSSR count). The lowest BCUT2D eigenvalue weighted by atomic mass is 10.2. The van der Waals surface area contributed by atoms with Crippen molar-refractivity contribution in [1.82, 2.24) is 14.9 Å². The second-order valence-corrected chi connectivity index (χ2v) is 4.66. The van der Waals surface area contributed by atoms with Gasteiger partial charge in [-0.1, -0.05) is 12.1 Å². The van der Waals surface area contributed by atoms with Crippen molar-refractivity contribution in [2.24, 2.45) is 0 Å². The SMILES string of the molecule is COCCNC(=O)C(C)n1c(=S)[nH]c2ccccc21. The second-order valence-electron chi connectivity index (χ2n) is 4.28. The number of methoxy groups -OCH3 is 1. The molecule has 102 valence electrons. The fourth-order valence-corrected chi connectivity index (χ4v) is 2.37. The quantitative estimate of drug-likeness (QED) is 0.650. The molecule has 1 aromatic carbocycles. The Hall–Kier alpha value is -1.66. The Kier molecular flexibility index (Phi) is 4.34. The van der Waals surface area contributed by atoms with Gasteiger partial charge < -0.3 is 19.6 Å². The van der Waals surface area contributed by atoms with E-state index >= 15 is 0 Å². The largest absolute Gasteiger partial charge is 0.383 e. The molecular weight excluding hydrogens is 262 g/mol. The van der Waals surface area contributed by atoms with E-state index in [0.29, 0.717) is 17.9 Å². The summed E-state index contributed by atoms with van der Waals surface area (Å²) < 4.78 is 7.29. The number of carbonyl (C=O) groups is 1. The van der Waals surface area contributed by atoms with Crippen LogP contribution in [0.4, 0.5) is 0 Å². The highest BCUT2D eigenvalue weighted by Gasteiger charge is 2.17. The van der Waals surface area contributed by atoms with Gasteiger partial charge in [0, 0.05) is 13.7 Å². The van der Waals surface area contributed by atoms with Crippen molar-refractivity contribution in [3.63, 3.8) is 0 Å². The third-order valence-electron chi connectivity index (χ3n) is 3.00. The zero-order valence-electron chi connectivity index (χ0n) is 11.0. The number of benzene rings is 1. The van der Waals surface area contributed by atoms with Crippen molar-refractivity contribution < 1.29 is 9.53 Å². The first-order chi connectivity index (χ1) is 9.15. The Balaban J connectivity index is 2.26. The molecule has 0 bridgehead atoms. The van der Waals surface area contributed by atoms with Crippen LogP contribution >= 0.6 is 12.2 Å². The minimum Gasteiger partial charge on any atom is -0.383 e. The number of imidazole rings is 1. The van der Waals surface area contributed by atoms with Gasteiger partial charge in [0.1, 0.15) is 6.04 Å². The first-order valence-electron chi connectivity index (χ1n) is 6.11. The van der Waals surface area contributed by atoms with E-state index in [-0.39, 0.29) is 11.9 Å². The minimum atomic E-state index is -0.361. The molecule has 1 atom stereocenters. The summed E-state index contributed by atoms with van der Waals surface area (Å²) in [7, 11) is 1.60. The summed E-state index contributed by atoms with van der Waals surface area (Å²) in [6.45, 7) is 2.82. The number of carbonyl (C=O) groups excluding carboxylic acids is 1. The molecule has 19 heavy (non-hydrogen) atoms. The van der Waals surface area contributed by atoms with Crippen LogP contribution in [0, 0.1) is 4.77 Å². The fraction of sp³-hybridized carbons (Fsp3) is 0.385. The molecule has 1 aromatic heterocycles. The van der Waals surface area contributed by atoms with Gasteiger partial charge in [-0.3, -0.25) is 4.79 Å². The van der Waals surface area contributed by atoms with Gasteiger partial charge in [0.25, 0.3) is 0 Å². The van der Waals surface area contributed by atoms with Crippen molar-refractivity contribution in [2.75, 3.05) is 20.3 Å². The average Bonchev–Trinajstić information content (AvgIpc) is 2.74. The second kappa shape index (κ2) is 5.99. The highest BCUT2D eigenvalue weighted by Crippen LogP contribution is 2.18. The lowest BCUT2D eigenvalue weighted by molar-refractivity contribution is -0.124. The molecule has 0 aliphatic rings. The Labute approximate surface area is 116 Å². The van der Waals surface area contributed by atoms with Crippen LogP contribution in [-0.4, -0.2) is 35.7 Å². The number of nitrogens with one attached hydrogen (secondary N) is 2. The molecule has 0 saturated heterocycles. The summed E-state index contributed by atoms with van der Waals surface area (Å²) >= 11 is 5.29. The maximum Gasteiger partial charge on any atom is 0.242 e. The van der Waals surface area contributed by atoms with Crippen molar-refractivity contribution in [3.05, 3.63) is 29.0 Å². The molecular formula is C13H17N3O2S. The van der Waals surface area contributed by atoms with E-state index in [1.54, 1.807) is 7.11 Å². The Bertz CT molecular complexity index is 632. The summed E-state index contributed by atoms with van der Waals surface area (Å²) in [5, 5.41) is 2.82. The molecule has 6 heteroatoms. The number of H-pyrrole nitrogens is 1. The van der Waals surface area contributed by atoms with E-state index in [4.69, 9.17) is 17.0 Å². The maximum atomic E-state index is 12.1. The van der Waals surface area contributed by atoms with Gasteiger partial charge in [-0.15, -0.1) is 0 Å². The number of hydrogen-bond donors (Lipinski definition) is 2. The number of hydrogen-bond acceptors (Lipinski definition) is 3. The van der Waals surface area contributed by atoms with Crippen LogP contribution in [0.2, 0.25) is 0 Å². The van der Waals surface area contributed by atoms with Crippen molar-refractivity contribution in [3.8, 4) is 0 Å². The van der Waals surface area contributed by atoms with E-state index < -0.39 is 0 Å². The molecule has 2 aromatic rings. The molecule has 0 aliphatic carbocycles. The Morgan fingerprint density at radius 1 is 1.53 bits per heavy atom. The minimum absolute atomic E-state index is 0.0714. The molecule has 0 spiro atoms. The summed E-state index contributed by atoms with van der Waals surface area (Å²) in [4.78, 5) is 15.2. The summed E-state index contributed by atoms with van der Waals surface area (Å²) in [6.07, 6.45) is 0. The normalized spacial score (nSPS) is 12.5. The van der Waals surface area contributed by atoms with Crippen LogP contribution in [0.15, 0.2) is 24.3 Å². The molecule has 1 heterocycles. The Morgan fingerprint density at radius 2 is 2.26 bits per heavy atom. The standard InChI is InChI=1S/C13H17N3O2S/c1-9(12(17)14-7-8-18-2)16-11-6-4-3-5-10(11)15-13(16)19/h3-6,9H,7-8H2,1-2H3,(H,14,17)(H,15,19). The molecule has 2 N–H and O–H groups in total. The zero-order valence-corrected chi connectivity index (χ0v) is 11.8. The first kappa shape index (κ1) is 13.8. The zero-order chi connectivity index (χ0) is 13.8. The van der Waals surface area contributed by atoms with Gasteiger partial charge in [-0.05, 0) is 31.3 Å². The van der Waals surface area contributed by atoms with E-state index in [0.717, 1.165) is 11.0 Å². The van der Waals surface area contributed by atoms with Gasteiger partial charge in [0.2, 0.25) is 5.91 Å². The van der Waals surface area contributed by atoms with Crippen molar-refractivity contribution in [1.29, 1.82) is 0 Å². The topological polar surface area (TPSA) is 59.0 Å². The van der Waals surface area contributed by atoms with Crippen molar-refractivity contribution in [2.45, 2.75) is 13.0 Å². The first-order valence-corrected chi connectivity index (χ1v) is 6.52. The van der Waals surface area contributed by atoms with Crippen LogP contribution in [-0.2, 0) is 9.53 Å². The molecule has 0 fully saturated rings. The highest BCUT2D eigenvalue weighted by molar-refractivity contribution is 7.71. The van der Waals surface area contributed by atoms with Gasteiger partial charge in [-0.2, -0.15) is 0 Å². The number of amides is 1. The van der Waals surface area contributed by atoms with Gasteiger partial charge in [0.05, 0.1) is 17.6 Å². The number of para-hydroxylation sites is 2.